The van der Waals surface area contributed by atoms with Gasteiger partial charge in [-0.15, -0.1) is 0 Å². The van der Waals surface area contributed by atoms with Crippen LogP contribution in [0.15, 0.2) is 0 Å². The van der Waals surface area contributed by atoms with Crippen LogP contribution in [0.3, 0.4) is 0 Å². The lowest BCUT2D eigenvalue weighted by Gasteiger charge is -2.36. The van der Waals surface area contributed by atoms with Crippen molar-refractivity contribution in [1.82, 2.24) is 4.90 Å². The quantitative estimate of drug-likeness (QED) is 0.846. The van der Waals surface area contributed by atoms with Crippen LogP contribution in [0, 0.1) is 17.8 Å². The number of hydrogen-bond donors (Lipinski definition) is 1. The predicted octanol–water partition coefficient (Wildman–Crippen LogP) is 1.63. The molecule has 0 radical (unpaired) electrons. The van der Waals surface area contributed by atoms with Gasteiger partial charge in [0, 0.05) is 32.8 Å². The maximum Gasteiger partial charge on any atom is 0.227 e. The fourth-order valence-electron chi connectivity index (χ4n) is 3.42. The van der Waals surface area contributed by atoms with Crippen molar-refractivity contribution in [1.29, 1.82) is 0 Å². The van der Waals surface area contributed by atoms with Crippen LogP contribution >= 0.6 is 0 Å². The van der Waals surface area contributed by atoms with Crippen LogP contribution in [0.25, 0.3) is 0 Å². The molecule has 1 heterocycles. The van der Waals surface area contributed by atoms with Gasteiger partial charge in [0.2, 0.25) is 5.91 Å². The summed E-state index contributed by atoms with van der Waals surface area (Å²) in [6, 6.07) is 0.0402. The normalized spacial score (nSPS) is 33.1. The largest absolute Gasteiger partial charge is 0.381 e. The Bertz CT molecular complexity index is 303. The van der Waals surface area contributed by atoms with Crippen LogP contribution in [0.4, 0.5) is 0 Å². The lowest BCUT2D eigenvalue weighted by molar-refractivity contribution is -0.137. The molecule has 2 aliphatic rings. The topological polar surface area (TPSA) is 55.6 Å². The Hall–Kier alpha value is -0.610. The third kappa shape index (κ3) is 3.69. The van der Waals surface area contributed by atoms with E-state index >= 15 is 0 Å². The van der Waals surface area contributed by atoms with Gasteiger partial charge in [-0.1, -0.05) is 13.3 Å². The molecular formula is C15H28N2O2. The Morgan fingerprint density at radius 3 is 2.63 bits per heavy atom. The Balaban J connectivity index is 1.86. The first-order chi connectivity index (χ1) is 9.09. The van der Waals surface area contributed by atoms with Gasteiger partial charge in [0.05, 0.1) is 5.92 Å². The Labute approximate surface area is 116 Å². The maximum atomic E-state index is 12.5. The van der Waals surface area contributed by atoms with Gasteiger partial charge in [-0.2, -0.15) is 0 Å². The highest BCUT2D eigenvalue weighted by molar-refractivity contribution is 5.79. The Morgan fingerprint density at radius 2 is 1.95 bits per heavy atom. The molecule has 0 aromatic rings. The van der Waals surface area contributed by atoms with Crippen molar-refractivity contribution < 1.29 is 9.53 Å². The molecule has 1 aliphatic heterocycles. The van der Waals surface area contributed by atoms with Crippen LogP contribution in [0.2, 0.25) is 0 Å². The predicted molar refractivity (Wildman–Crippen MR) is 75.7 cm³/mol. The Morgan fingerprint density at radius 1 is 1.26 bits per heavy atom. The third-order valence-corrected chi connectivity index (χ3v) is 4.86. The number of nitrogens with two attached hydrogens (primary N) is 1. The average Bonchev–Trinajstić information content (AvgIpc) is 2.42. The highest BCUT2D eigenvalue weighted by Crippen LogP contribution is 2.29. The summed E-state index contributed by atoms with van der Waals surface area (Å²) in [7, 11) is 1.93. The zero-order valence-corrected chi connectivity index (χ0v) is 12.3. The monoisotopic (exact) mass is 268 g/mol. The summed E-state index contributed by atoms with van der Waals surface area (Å²) in [5.41, 5.74) is 6.23. The molecule has 3 atom stereocenters. The van der Waals surface area contributed by atoms with E-state index in [0.717, 1.165) is 51.9 Å². The molecule has 0 bridgehead atoms. The molecule has 0 aromatic heterocycles. The van der Waals surface area contributed by atoms with Crippen molar-refractivity contribution in [3.05, 3.63) is 0 Å². The molecule has 1 aliphatic carbocycles. The minimum Gasteiger partial charge on any atom is -0.381 e. The van der Waals surface area contributed by atoms with Gasteiger partial charge in [-0.3, -0.25) is 4.79 Å². The SMILES string of the molecule is CC1CCCC(C(=O)N(C)CC2CCOCC2)C1N. The average molecular weight is 268 g/mol. The summed E-state index contributed by atoms with van der Waals surface area (Å²) in [6.07, 6.45) is 5.41. The van der Waals surface area contributed by atoms with Crippen molar-refractivity contribution in [3.8, 4) is 0 Å². The molecule has 1 saturated heterocycles. The van der Waals surface area contributed by atoms with E-state index in [9.17, 15) is 4.79 Å². The minimum absolute atomic E-state index is 0.0357. The van der Waals surface area contributed by atoms with Crippen LogP contribution in [0.1, 0.15) is 39.0 Å². The van der Waals surface area contributed by atoms with E-state index in [1.54, 1.807) is 0 Å². The van der Waals surface area contributed by atoms with E-state index in [0.29, 0.717) is 11.8 Å². The number of nitrogens with zero attached hydrogens (tertiary/aromatic N) is 1. The van der Waals surface area contributed by atoms with Crippen molar-refractivity contribution >= 4 is 5.91 Å². The lowest BCUT2D eigenvalue weighted by atomic mass is 9.77. The van der Waals surface area contributed by atoms with Crippen molar-refractivity contribution in [2.75, 3.05) is 26.8 Å². The fraction of sp³-hybridized carbons (Fsp3) is 0.933. The summed E-state index contributed by atoms with van der Waals surface area (Å²) in [5, 5.41) is 0. The molecule has 4 nitrogen and oxygen atoms in total. The highest BCUT2D eigenvalue weighted by atomic mass is 16.5. The summed E-state index contributed by atoms with van der Waals surface area (Å²) < 4.78 is 5.37. The van der Waals surface area contributed by atoms with Crippen molar-refractivity contribution in [2.45, 2.75) is 45.1 Å². The number of rotatable bonds is 3. The fourth-order valence-corrected chi connectivity index (χ4v) is 3.42. The first-order valence-electron chi connectivity index (χ1n) is 7.68. The van der Waals surface area contributed by atoms with E-state index in [1.165, 1.54) is 0 Å². The zero-order valence-electron chi connectivity index (χ0n) is 12.3. The van der Waals surface area contributed by atoms with Gasteiger partial charge in [0.25, 0.3) is 0 Å². The van der Waals surface area contributed by atoms with Gasteiger partial charge >= 0.3 is 0 Å². The minimum atomic E-state index is 0.0357. The molecular weight excluding hydrogens is 240 g/mol. The molecule has 0 spiro atoms. The van der Waals surface area contributed by atoms with Gasteiger partial charge in [0.1, 0.15) is 0 Å². The van der Waals surface area contributed by atoms with E-state index in [4.69, 9.17) is 10.5 Å². The molecule has 1 saturated carbocycles. The molecule has 3 unspecified atom stereocenters. The number of amides is 1. The van der Waals surface area contributed by atoms with Crippen LogP contribution < -0.4 is 5.73 Å². The smallest absolute Gasteiger partial charge is 0.227 e. The first-order valence-corrected chi connectivity index (χ1v) is 7.68. The molecule has 4 heteroatoms. The molecule has 110 valence electrons. The molecule has 2 rings (SSSR count). The van der Waals surface area contributed by atoms with Gasteiger partial charge in [0.15, 0.2) is 0 Å². The number of hydrogen-bond acceptors (Lipinski definition) is 3. The van der Waals surface area contributed by atoms with E-state index < -0.39 is 0 Å². The third-order valence-electron chi connectivity index (χ3n) is 4.86. The lowest BCUT2D eigenvalue weighted by Crippen LogP contribution is -2.48. The molecule has 2 N–H and O–H groups in total. The van der Waals surface area contributed by atoms with Crippen LogP contribution in [0.5, 0.6) is 0 Å². The van der Waals surface area contributed by atoms with E-state index in [1.807, 2.05) is 11.9 Å². The second kappa shape index (κ2) is 6.71. The number of carbonyl (C=O) groups excluding carboxylic acids is 1. The number of ether oxygens (including phenoxy) is 1. The van der Waals surface area contributed by atoms with Gasteiger partial charge in [-0.05, 0) is 37.5 Å². The van der Waals surface area contributed by atoms with Crippen LogP contribution in [-0.2, 0) is 9.53 Å². The summed E-state index contributed by atoms with van der Waals surface area (Å²) in [6.45, 7) is 4.71. The van der Waals surface area contributed by atoms with Crippen LogP contribution in [-0.4, -0.2) is 43.7 Å². The summed E-state index contributed by atoms with van der Waals surface area (Å²) >= 11 is 0. The van der Waals surface area contributed by atoms with E-state index in [2.05, 4.69) is 6.92 Å². The molecule has 2 fully saturated rings. The highest BCUT2D eigenvalue weighted by Gasteiger charge is 2.34. The second-order valence-electron chi connectivity index (χ2n) is 6.37. The van der Waals surface area contributed by atoms with Crippen molar-refractivity contribution in [2.24, 2.45) is 23.5 Å². The molecule has 1 amide bonds. The zero-order chi connectivity index (χ0) is 13.8. The number of carbonyl (C=O) groups is 1. The molecule has 19 heavy (non-hydrogen) atoms. The second-order valence-corrected chi connectivity index (χ2v) is 6.37. The summed E-state index contributed by atoms with van der Waals surface area (Å²) in [4.78, 5) is 14.5. The maximum absolute atomic E-state index is 12.5. The summed E-state index contributed by atoms with van der Waals surface area (Å²) in [5.74, 6) is 1.36. The van der Waals surface area contributed by atoms with Gasteiger partial charge < -0.3 is 15.4 Å². The van der Waals surface area contributed by atoms with Crippen molar-refractivity contribution in [3.63, 3.8) is 0 Å². The first kappa shape index (κ1) is 14.8. The van der Waals surface area contributed by atoms with Gasteiger partial charge in [-0.25, -0.2) is 0 Å². The molecule has 0 aromatic carbocycles. The standard InChI is InChI=1S/C15H28N2O2/c1-11-4-3-5-13(14(11)16)15(18)17(2)10-12-6-8-19-9-7-12/h11-14H,3-10,16H2,1-2H3. The Kier molecular flexibility index (Phi) is 5.22. The van der Waals surface area contributed by atoms with E-state index in [-0.39, 0.29) is 17.9 Å².